The second-order valence-electron chi connectivity index (χ2n) is 4.86. The van der Waals surface area contributed by atoms with Gasteiger partial charge in [-0.2, -0.15) is 0 Å². The summed E-state index contributed by atoms with van der Waals surface area (Å²) in [4.78, 5) is 18.2. The Hall–Kier alpha value is -2.08. The van der Waals surface area contributed by atoms with Crippen molar-refractivity contribution in [1.29, 1.82) is 0 Å². The van der Waals surface area contributed by atoms with Gasteiger partial charge in [-0.25, -0.2) is 4.98 Å². The van der Waals surface area contributed by atoms with E-state index in [4.69, 9.17) is 9.47 Å². The summed E-state index contributed by atoms with van der Waals surface area (Å²) in [6.45, 7) is 0.666. The Labute approximate surface area is 134 Å². The van der Waals surface area contributed by atoms with E-state index in [1.54, 1.807) is 36.7 Å². The zero-order chi connectivity index (χ0) is 15.9. The molecule has 118 valence electrons. The summed E-state index contributed by atoms with van der Waals surface area (Å²) in [5, 5.41) is 2.99. The maximum absolute atomic E-state index is 12.3. The molecule has 0 atom stereocenters. The summed E-state index contributed by atoms with van der Waals surface area (Å²) >= 11 is 1.61. The van der Waals surface area contributed by atoms with Gasteiger partial charge in [-0.1, -0.05) is 6.07 Å². The molecule has 2 rings (SSSR count). The summed E-state index contributed by atoms with van der Waals surface area (Å²) in [5.41, 5.74) is 0.906. The third-order valence-electron chi connectivity index (χ3n) is 3.37. The second kappa shape index (κ2) is 7.79. The molecule has 5 nitrogen and oxygen atoms in total. The van der Waals surface area contributed by atoms with E-state index in [9.17, 15) is 4.79 Å². The molecule has 22 heavy (non-hydrogen) atoms. The molecule has 0 aliphatic carbocycles. The van der Waals surface area contributed by atoms with E-state index in [0.29, 0.717) is 24.5 Å². The van der Waals surface area contributed by atoms with Crippen LogP contribution in [0, 0.1) is 0 Å². The Morgan fingerprint density at radius 2 is 2.05 bits per heavy atom. The summed E-state index contributed by atoms with van der Waals surface area (Å²) in [6.07, 6.45) is 2.91. The molecule has 0 saturated heterocycles. The van der Waals surface area contributed by atoms with Crippen molar-refractivity contribution in [3.8, 4) is 11.5 Å². The monoisotopic (exact) mass is 320 g/mol. The van der Waals surface area contributed by atoms with Crippen molar-refractivity contribution in [2.24, 2.45) is 0 Å². The third kappa shape index (κ3) is 4.21. The summed E-state index contributed by atoms with van der Waals surface area (Å²) in [6, 6.07) is 5.54. The minimum Gasteiger partial charge on any atom is -0.493 e. The molecule has 0 saturated carbocycles. The van der Waals surface area contributed by atoms with Crippen molar-refractivity contribution in [3.63, 3.8) is 0 Å². The highest BCUT2D eigenvalue weighted by Gasteiger charge is 2.12. The first-order valence-electron chi connectivity index (χ1n) is 6.97. The quantitative estimate of drug-likeness (QED) is 0.786. The highest BCUT2D eigenvalue weighted by molar-refractivity contribution is 7.09. The SMILES string of the molecule is COc1ccc(CC(=O)N(C)CCc2nccs2)cc1OC. The van der Waals surface area contributed by atoms with E-state index in [2.05, 4.69) is 4.98 Å². The Morgan fingerprint density at radius 3 is 2.68 bits per heavy atom. The molecule has 0 unspecified atom stereocenters. The number of thiazole rings is 1. The number of likely N-dealkylation sites (N-methyl/N-ethyl adjacent to an activating group) is 1. The van der Waals surface area contributed by atoms with Gasteiger partial charge in [-0.3, -0.25) is 4.79 Å². The predicted molar refractivity (Wildman–Crippen MR) is 86.7 cm³/mol. The summed E-state index contributed by atoms with van der Waals surface area (Å²) < 4.78 is 10.5. The molecular formula is C16H20N2O3S. The van der Waals surface area contributed by atoms with Crippen LogP contribution in [0.4, 0.5) is 0 Å². The first-order chi connectivity index (χ1) is 10.6. The lowest BCUT2D eigenvalue weighted by Crippen LogP contribution is -2.30. The molecule has 1 amide bonds. The van der Waals surface area contributed by atoms with Crippen molar-refractivity contribution in [3.05, 3.63) is 40.3 Å². The maximum atomic E-state index is 12.3. The van der Waals surface area contributed by atoms with E-state index >= 15 is 0 Å². The number of nitrogens with zero attached hydrogens (tertiary/aromatic N) is 2. The van der Waals surface area contributed by atoms with E-state index in [-0.39, 0.29) is 5.91 Å². The fourth-order valence-electron chi connectivity index (χ4n) is 2.06. The summed E-state index contributed by atoms with van der Waals surface area (Å²) in [7, 11) is 5.00. The topological polar surface area (TPSA) is 51.7 Å². The normalized spacial score (nSPS) is 10.3. The van der Waals surface area contributed by atoms with E-state index in [1.807, 2.05) is 30.6 Å². The average molecular weight is 320 g/mol. The molecule has 0 fully saturated rings. The van der Waals surface area contributed by atoms with Gasteiger partial charge in [0.15, 0.2) is 11.5 Å². The smallest absolute Gasteiger partial charge is 0.226 e. The third-order valence-corrected chi connectivity index (χ3v) is 4.21. The molecule has 0 spiro atoms. The largest absolute Gasteiger partial charge is 0.493 e. The lowest BCUT2D eigenvalue weighted by molar-refractivity contribution is -0.129. The zero-order valence-electron chi connectivity index (χ0n) is 13.0. The van der Waals surface area contributed by atoms with Crippen LogP contribution in [0.15, 0.2) is 29.8 Å². The minimum absolute atomic E-state index is 0.0729. The molecule has 6 heteroatoms. The van der Waals surface area contributed by atoms with Gasteiger partial charge in [0.2, 0.25) is 5.91 Å². The van der Waals surface area contributed by atoms with E-state index in [1.165, 1.54) is 0 Å². The summed E-state index contributed by atoms with van der Waals surface area (Å²) in [5.74, 6) is 1.37. The fourth-order valence-corrected chi connectivity index (χ4v) is 2.67. The van der Waals surface area contributed by atoms with Crippen LogP contribution in [0.2, 0.25) is 0 Å². The highest BCUT2D eigenvalue weighted by atomic mass is 32.1. The zero-order valence-corrected chi connectivity index (χ0v) is 13.9. The molecule has 0 aliphatic rings. The van der Waals surface area contributed by atoms with Crippen molar-refractivity contribution < 1.29 is 14.3 Å². The molecule has 0 bridgehead atoms. The molecule has 1 aromatic heterocycles. The standard InChI is InChI=1S/C16H20N2O3S/c1-18(8-6-15-17-7-9-22-15)16(19)11-12-4-5-13(20-2)14(10-12)21-3/h4-5,7,9-10H,6,8,11H2,1-3H3. The van der Waals surface area contributed by atoms with Gasteiger partial charge in [0, 0.05) is 31.6 Å². The van der Waals surface area contributed by atoms with Crippen LogP contribution in [-0.2, 0) is 17.6 Å². The van der Waals surface area contributed by atoms with Crippen LogP contribution in [0.1, 0.15) is 10.6 Å². The number of methoxy groups -OCH3 is 2. The molecular weight excluding hydrogens is 300 g/mol. The average Bonchev–Trinajstić information content (AvgIpc) is 3.05. The first-order valence-corrected chi connectivity index (χ1v) is 7.85. The van der Waals surface area contributed by atoms with Crippen LogP contribution < -0.4 is 9.47 Å². The lowest BCUT2D eigenvalue weighted by atomic mass is 10.1. The number of benzene rings is 1. The predicted octanol–water partition coefficient (Wildman–Crippen LogP) is 2.40. The van der Waals surface area contributed by atoms with Gasteiger partial charge < -0.3 is 14.4 Å². The van der Waals surface area contributed by atoms with E-state index in [0.717, 1.165) is 17.0 Å². The Morgan fingerprint density at radius 1 is 1.27 bits per heavy atom. The Bertz CT molecular complexity index is 614. The molecule has 0 aliphatic heterocycles. The van der Waals surface area contributed by atoms with Gasteiger partial charge >= 0.3 is 0 Å². The Kier molecular flexibility index (Phi) is 5.77. The van der Waals surface area contributed by atoms with Gasteiger partial charge in [0.05, 0.1) is 25.6 Å². The van der Waals surface area contributed by atoms with Gasteiger partial charge in [-0.15, -0.1) is 11.3 Å². The van der Waals surface area contributed by atoms with Crippen molar-refractivity contribution in [2.75, 3.05) is 27.8 Å². The number of amides is 1. The van der Waals surface area contributed by atoms with Crippen LogP contribution in [0.5, 0.6) is 11.5 Å². The molecule has 0 N–H and O–H groups in total. The van der Waals surface area contributed by atoms with Gasteiger partial charge in [0.25, 0.3) is 0 Å². The van der Waals surface area contributed by atoms with Crippen LogP contribution in [-0.4, -0.2) is 43.6 Å². The van der Waals surface area contributed by atoms with Crippen molar-refractivity contribution >= 4 is 17.2 Å². The number of aromatic nitrogens is 1. The Balaban J connectivity index is 1.93. The maximum Gasteiger partial charge on any atom is 0.226 e. The van der Waals surface area contributed by atoms with E-state index < -0.39 is 0 Å². The molecule has 0 radical (unpaired) electrons. The van der Waals surface area contributed by atoms with Gasteiger partial charge in [-0.05, 0) is 17.7 Å². The second-order valence-corrected chi connectivity index (χ2v) is 5.84. The fraction of sp³-hybridized carbons (Fsp3) is 0.375. The number of hydrogen-bond acceptors (Lipinski definition) is 5. The lowest BCUT2D eigenvalue weighted by Gasteiger charge is -2.17. The van der Waals surface area contributed by atoms with Gasteiger partial charge in [0.1, 0.15) is 0 Å². The minimum atomic E-state index is 0.0729. The number of hydrogen-bond donors (Lipinski definition) is 0. The van der Waals surface area contributed by atoms with Crippen LogP contribution in [0.25, 0.3) is 0 Å². The first kappa shape index (κ1) is 16.3. The highest BCUT2D eigenvalue weighted by Crippen LogP contribution is 2.27. The molecule has 1 heterocycles. The van der Waals surface area contributed by atoms with Crippen LogP contribution in [0.3, 0.4) is 0 Å². The van der Waals surface area contributed by atoms with Crippen molar-refractivity contribution in [1.82, 2.24) is 9.88 Å². The number of carbonyl (C=O) groups excluding carboxylic acids is 1. The number of rotatable bonds is 7. The number of ether oxygens (including phenoxy) is 2. The number of carbonyl (C=O) groups is 1. The van der Waals surface area contributed by atoms with Crippen molar-refractivity contribution in [2.45, 2.75) is 12.8 Å². The molecule has 2 aromatic rings. The molecule has 1 aromatic carbocycles. The van der Waals surface area contributed by atoms with Crippen LogP contribution >= 0.6 is 11.3 Å².